The highest BCUT2D eigenvalue weighted by atomic mass is 79.9. The number of aromatic nitrogens is 3. The fourth-order valence-electron chi connectivity index (χ4n) is 2.92. The van der Waals surface area contributed by atoms with Gasteiger partial charge in [0.05, 0.1) is 16.1 Å². The molecule has 7 nitrogen and oxygen atoms in total. The third-order valence-corrected chi connectivity index (χ3v) is 5.67. The molecule has 0 atom stereocenters. The first-order chi connectivity index (χ1) is 14.4. The van der Waals surface area contributed by atoms with Crippen molar-refractivity contribution in [3.8, 4) is 11.5 Å². The minimum absolute atomic E-state index is 0.273. The van der Waals surface area contributed by atoms with Gasteiger partial charge < -0.3 is 19.9 Å². The summed E-state index contributed by atoms with van der Waals surface area (Å²) in [4.78, 5) is 20.5. The van der Waals surface area contributed by atoms with Crippen molar-refractivity contribution >= 4 is 56.1 Å². The van der Waals surface area contributed by atoms with Crippen LogP contribution in [0.15, 0.2) is 59.2 Å². The van der Waals surface area contributed by atoms with Gasteiger partial charge in [0.15, 0.2) is 0 Å². The Morgan fingerprint density at radius 2 is 1.93 bits per heavy atom. The summed E-state index contributed by atoms with van der Waals surface area (Å²) in [5, 5.41) is 6.48. The molecular formula is C21H17BrClN5O2. The molecule has 2 heterocycles. The number of imidazole rings is 1. The van der Waals surface area contributed by atoms with Crippen LogP contribution in [-0.4, -0.2) is 27.5 Å². The molecule has 152 valence electrons. The van der Waals surface area contributed by atoms with Gasteiger partial charge in [-0.2, -0.15) is 0 Å². The maximum atomic E-state index is 11.8. The molecule has 1 amide bonds. The number of halogens is 2. The van der Waals surface area contributed by atoms with Gasteiger partial charge in [-0.15, -0.1) is 0 Å². The van der Waals surface area contributed by atoms with Gasteiger partial charge in [-0.1, -0.05) is 11.6 Å². The number of fused-ring (bicyclic) bond motifs is 1. The van der Waals surface area contributed by atoms with Crippen molar-refractivity contribution in [3.63, 3.8) is 0 Å². The number of pyridine rings is 1. The lowest BCUT2D eigenvalue weighted by Crippen LogP contribution is -2.18. The number of amides is 1. The van der Waals surface area contributed by atoms with Crippen molar-refractivity contribution in [1.29, 1.82) is 0 Å². The zero-order valence-corrected chi connectivity index (χ0v) is 18.5. The predicted molar refractivity (Wildman–Crippen MR) is 121 cm³/mol. The number of carbonyl (C=O) groups is 1. The molecule has 0 bridgehead atoms. The lowest BCUT2D eigenvalue weighted by atomic mass is 10.3. The minimum Gasteiger partial charge on any atom is -0.457 e. The first-order valence-electron chi connectivity index (χ1n) is 8.99. The van der Waals surface area contributed by atoms with Crippen molar-refractivity contribution in [2.75, 3.05) is 12.4 Å². The summed E-state index contributed by atoms with van der Waals surface area (Å²) < 4.78 is 8.67. The van der Waals surface area contributed by atoms with E-state index in [1.54, 1.807) is 19.2 Å². The first kappa shape index (κ1) is 20.2. The summed E-state index contributed by atoms with van der Waals surface area (Å²) in [6.07, 6.45) is 1.53. The van der Waals surface area contributed by atoms with Gasteiger partial charge in [-0.3, -0.25) is 9.78 Å². The quantitative estimate of drug-likeness (QED) is 0.401. The van der Waals surface area contributed by atoms with Crippen LogP contribution in [0.5, 0.6) is 11.5 Å². The molecule has 0 aliphatic rings. The van der Waals surface area contributed by atoms with E-state index in [0.29, 0.717) is 22.5 Å². The van der Waals surface area contributed by atoms with Crippen molar-refractivity contribution in [3.05, 3.63) is 69.9 Å². The molecule has 0 spiro atoms. The number of ether oxygens (including phenoxy) is 1. The molecule has 0 radical (unpaired) electrons. The Labute approximate surface area is 186 Å². The molecule has 2 aromatic carbocycles. The van der Waals surface area contributed by atoms with E-state index in [2.05, 4.69) is 36.5 Å². The van der Waals surface area contributed by atoms with E-state index < -0.39 is 0 Å². The van der Waals surface area contributed by atoms with Crippen LogP contribution in [0, 0.1) is 0 Å². The Kier molecular flexibility index (Phi) is 5.61. The van der Waals surface area contributed by atoms with E-state index in [-0.39, 0.29) is 11.6 Å². The number of rotatable bonds is 5. The minimum atomic E-state index is -0.273. The summed E-state index contributed by atoms with van der Waals surface area (Å²) in [6.45, 7) is 0. The second-order valence-electron chi connectivity index (χ2n) is 6.46. The van der Waals surface area contributed by atoms with E-state index in [9.17, 15) is 4.79 Å². The largest absolute Gasteiger partial charge is 0.457 e. The topological polar surface area (TPSA) is 81.1 Å². The lowest BCUT2D eigenvalue weighted by molar-refractivity contribution is 0.0958. The molecule has 0 aliphatic carbocycles. The van der Waals surface area contributed by atoms with Crippen LogP contribution in [-0.2, 0) is 7.05 Å². The summed E-state index contributed by atoms with van der Waals surface area (Å²) >= 11 is 9.49. The average Bonchev–Trinajstić information content (AvgIpc) is 3.05. The Morgan fingerprint density at radius 3 is 2.70 bits per heavy atom. The molecule has 2 aromatic heterocycles. The molecule has 4 rings (SSSR count). The number of hydrogen-bond acceptors (Lipinski definition) is 5. The SMILES string of the molecule is CNC(=O)c1cc(Oc2ccc3c(c2)nc(Nc2ccc(Cl)c(Br)c2)n3C)ccn1. The highest BCUT2D eigenvalue weighted by Gasteiger charge is 2.11. The van der Waals surface area contributed by atoms with E-state index in [0.717, 1.165) is 21.2 Å². The van der Waals surface area contributed by atoms with E-state index in [1.807, 2.05) is 48.0 Å². The predicted octanol–water partition coefficient (Wildman–Crippen LogP) is 5.28. The van der Waals surface area contributed by atoms with Crippen LogP contribution in [0.1, 0.15) is 10.5 Å². The number of aryl methyl sites for hydroxylation is 1. The van der Waals surface area contributed by atoms with E-state index in [1.165, 1.54) is 6.20 Å². The van der Waals surface area contributed by atoms with Crippen molar-refractivity contribution in [2.45, 2.75) is 0 Å². The van der Waals surface area contributed by atoms with Gasteiger partial charge in [-0.05, 0) is 52.3 Å². The van der Waals surface area contributed by atoms with Crippen molar-refractivity contribution < 1.29 is 9.53 Å². The van der Waals surface area contributed by atoms with Crippen molar-refractivity contribution in [1.82, 2.24) is 19.9 Å². The van der Waals surface area contributed by atoms with Crippen LogP contribution in [0.2, 0.25) is 5.02 Å². The number of anilines is 2. The van der Waals surface area contributed by atoms with E-state index in [4.69, 9.17) is 16.3 Å². The molecule has 9 heteroatoms. The van der Waals surface area contributed by atoms with Gasteiger partial charge in [0.1, 0.15) is 17.2 Å². The third kappa shape index (κ3) is 4.10. The molecule has 4 aromatic rings. The average molecular weight is 487 g/mol. The Morgan fingerprint density at radius 1 is 1.13 bits per heavy atom. The highest BCUT2D eigenvalue weighted by molar-refractivity contribution is 9.10. The summed E-state index contributed by atoms with van der Waals surface area (Å²) in [5.74, 6) is 1.53. The summed E-state index contributed by atoms with van der Waals surface area (Å²) in [5.41, 5.74) is 2.86. The molecule has 0 saturated heterocycles. The normalized spacial score (nSPS) is 10.8. The molecular weight excluding hydrogens is 470 g/mol. The molecule has 0 unspecified atom stereocenters. The molecule has 0 fully saturated rings. The molecule has 2 N–H and O–H groups in total. The van der Waals surface area contributed by atoms with Gasteiger partial charge in [0.2, 0.25) is 5.95 Å². The van der Waals surface area contributed by atoms with Crippen LogP contribution >= 0.6 is 27.5 Å². The number of benzene rings is 2. The summed E-state index contributed by atoms with van der Waals surface area (Å²) in [6, 6.07) is 14.5. The van der Waals surface area contributed by atoms with Crippen molar-refractivity contribution in [2.24, 2.45) is 7.05 Å². The Balaban J connectivity index is 1.60. The molecule has 0 saturated carbocycles. The Bertz CT molecular complexity index is 1260. The lowest BCUT2D eigenvalue weighted by Gasteiger charge is -2.08. The zero-order valence-electron chi connectivity index (χ0n) is 16.1. The number of carbonyl (C=O) groups excluding carboxylic acids is 1. The number of nitrogens with one attached hydrogen (secondary N) is 2. The molecule has 30 heavy (non-hydrogen) atoms. The number of hydrogen-bond donors (Lipinski definition) is 2. The van der Waals surface area contributed by atoms with E-state index >= 15 is 0 Å². The van der Waals surface area contributed by atoms with Crippen LogP contribution < -0.4 is 15.4 Å². The molecule has 0 aliphatic heterocycles. The second kappa shape index (κ2) is 8.33. The number of nitrogens with zero attached hydrogens (tertiary/aromatic N) is 3. The fourth-order valence-corrected chi connectivity index (χ4v) is 3.42. The smallest absolute Gasteiger partial charge is 0.269 e. The zero-order chi connectivity index (χ0) is 21.3. The Hall–Kier alpha value is -3.10. The highest BCUT2D eigenvalue weighted by Crippen LogP contribution is 2.30. The van der Waals surface area contributed by atoms with Gasteiger partial charge in [0, 0.05) is 42.6 Å². The fraction of sp³-hybridized carbons (Fsp3) is 0.0952. The summed E-state index contributed by atoms with van der Waals surface area (Å²) in [7, 11) is 3.49. The first-order valence-corrected chi connectivity index (χ1v) is 10.2. The van der Waals surface area contributed by atoms with Gasteiger partial charge in [0.25, 0.3) is 5.91 Å². The monoisotopic (exact) mass is 485 g/mol. The van der Waals surface area contributed by atoms with Crippen LogP contribution in [0.25, 0.3) is 11.0 Å². The third-order valence-electron chi connectivity index (χ3n) is 4.45. The van der Waals surface area contributed by atoms with Gasteiger partial charge >= 0.3 is 0 Å². The standard InChI is InChI=1S/C21H17BrClN5O2/c1-24-20(29)18-11-14(7-8-25-18)30-13-4-6-19-17(10-13)27-21(28(19)2)26-12-3-5-16(23)15(22)9-12/h3-11H,1-2H3,(H,24,29)(H,26,27). The second-order valence-corrected chi connectivity index (χ2v) is 7.72. The van der Waals surface area contributed by atoms with Gasteiger partial charge in [-0.25, -0.2) is 4.98 Å². The maximum absolute atomic E-state index is 11.8. The van der Waals surface area contributed by atoms with Crippen LogP contribution in [0.3, 0.4) is 0 Å². The van der Waals surface area contributed by atoms with Crippen LogP contribution in [0.4, 0.5) is 11.6 Å². The maximum Gasteiger partial charge on any atom is 0.269 e.